The van der Waals surface area contributed by atoms with Gasteiger partial charge >= 0.3 is 0 Å². The van der Waals surface area contributed by atoms with E-state index in [4.69, 9.17) is 4.98 Å². The summed E-state index contributed by atoms with van der Waals surface area (Å²) in [5, 5.41) is 2.90. The fraction of sp³-hybridized carbons (Fsp3) is 0.500. The van der Waals surface area contributed by atoms with Gasteiger partial charge in [0, 0.05) is 44.3 Å². The van der Waals surface area contributed by atoms with Crippen molar-refractivity contribution in [2.24, 2.45) is 0 Å². The molecule has 0 bridgehead atoms. The minimum absolute atomic E-state index is 0.0625. The molecule has 1 saturated heterocycles. The van der Waals surface area contributed by atoms with Crippen LogP contribution in [0.2, 0.25) is 0 Å². The molecule has 0 radical (unpaired) electrons. The minimum atomic E-state index is -0.0625. The van der Waals surface area contributed by atoms with Gasteiger partial charge in [-0.05, 0) is 43.7 Å². The first kappa shape index (κ1) is 17.6. The Morgan fingerprint density at radius 3 is 2.64 bits per heavy atom. The van der Waals surface area contributed by atoms with Crippen molar-refractivity contribution in [1.29, 1.82) is 0 Å². The maximum atomic E-state index is 12.2. The van der Waals surface area contributed by atoms with Gasteiger partial charge in [-0.25, -0.2) is 9.97 Å². The quantitative estimate of drug-likeness (QED) is 0.864. The van der Waals surface area contributed by atoms with Gasteiger partial charge in [0.15, 0.2) is 0 Å². The van der Waals surface area contributed by atoms with Gasteiger partial charge in [-0.2, -0.15) is 0 Å². The van der Waals surface area contributed by atoms with E-state index in [2.05, 4.69) is 44.4 Å². The Bertz CT molecular complexity index is 904. The van der Waals surface area contributed by atoms with Crippen LogP contribution in [-0.2, 0) is 19.3 Å². The molecule has 0 saturated carbocycles. The number of carbonyl (C=O) groups is 1. The summed E-state index contributed by atoms with van der Waals surface area (Å²) < 4.78 is 0. The molecule has 1 unspecified atom stereocenters. The molecule has 1 aromatic carbocycles. The lowest BCUT2D eigenvalue weighted by molar-refractivity contribution is 0.0940. The van der Waals surface area contributed by atoms with E-state index in [1.54, 1.807) is 0 Å². The predicted molar refractivity (Wildman–Crippen MR) is 109 cm³/mol. The number of aromatic nitrogens is 2. The number of hydrogen-bond donors (Lipinski definition) is 1. The first-order valence-electron chi connectivity index (χ1n) is 10.4. The Hall–Kier alpha value is -2.47. The van der Waals surface area contributed by atoms with Crippen molar-refractivity contribution in [1.82, 2.24) is 20.2 Å². The van der Waals surface area contributed by atoms with Crippen LogP contribution in [-0.4, -0.2) is 59.5 Å². The van der Waals surface area contributed by atoms with Crippen LogP contribution in [0, 0.1) is 6.92 Å². The second-order valence-corrected chi connectivity index (χ2v) is 8.12. The van der Waals surface area contributed by atoms with E-state index in [0.717, 1.165) is 44.0 Å². The standard InChI is InChI=1S/C22H27N5O/c1-15-24-20-19(8-9-23-22(20)28)21(25-15)27-12-10-26(11-13-27)18-7-6-16-4-2-3-5-17(16)14-18/h2-5,18H,6-14H2,1H3,(H,23,28). The van der Waals surface area contributed by atoms with Crippen LogP contribution in [0.25, 0.3) is 0 Å². The summed E-state index contributed by atoms with van der Waals surface area (Å²) >= 11 is 0. The fourth-order valence-electron chi connectivity index (χ4n) is 4.93. The second kappa shape index (κ2) is 7.17. The Labute approximate surface area is 166 Å². The lowest BCUT2D eigenvalue weighted by Crippen LogP contribution is -2.52. The summed E-state index contributed by atoms with van der Waals surface area (Å²) in [6.45, 7) is 6.58. The van der Waals surface area contributed by atoms with E-state index in [1.807, 2.05) is 6.92 Å². The third-order valence-electron chi connectivity index (χ3n) is 6.42. The molecule has 3 aliphatic rings. The predicted octanol–water partition coefficient (Wildman–Crippen LogP) is 1.75. The Morgan fingerprint density at radius 2 is 1.82 bits per heavy atom. The molecular weight excluding hydrogens is 350 g/mol. The molecule has 1 fully saturated rings. The van der Waals surface area contributed by atoms with Gasteiger partial charge in [0.25, 0.3) is 5.91 Å². The van der Waals surface area contributed by atoms with Crippen LogP contribution < -0.4 is 10.2 Å². The molecule has 1 N–H and O–H groups in total. The van der Waals surface area contributed by atoms with E-state index in [1.165, 1.54) is 30.4 Å². The maximum absolute atomic E-state index is 12.2. The molecular formula is C22H27N5O. The van der Waals surface area contributed by atoms with E-state index in [0.29, 0.717) is 24.1 Å². The summed E-state index contributed by atoms with van der Waals surface area (Å²) in [5.74, 6) is 1.59. The summed E-state index contributed by atoms with van der Waals surface area (Å²) in [6, 6.07) is 9.53. The molecule has 1 aliphatic carbocycles. The number of nitrogens with zero attached hydrogens (tertiary/aromatic N) is 4. The third-order valence-corrected chi connectivity index (χ3v) is 6.42. The molecule has 5 rings (SSSR count). The van der Waals surface area contributed by atoms with E-state index in [-0.39, 0.29) is 5.91 Å². The zero-order valence-electron chi connectivity index (χ0n) is 16.4. The van der Waals surface area contributed by atoms with Gasteiger partial charge in [-0.3, -0.25) is 9.69 Å². The highest BCUT2D eigenvalue weighted by atomic mass is 16.1. The van der Waals surface area contributed by atoms with Gasteiger partial charge in [-0.1, -0.05) is 24.3 Å². The van der Waals surface area contributed by atoms with Crippen molar-refractivity contribution in [2.45, 2.75) is 38.6 Å². The monoisotopic (exact) mass is 377 g/mol. The van der Waals surface area contributed by atoms with Crippen molar-refractivity contribution in [3.05, 3.63) is 52.5 Å². The number of rotatable bonds is 2. The second-order valence-electron chi connectivity index (χ2n) is 8.12. The van der Waals surface area contributed by atoms with E-state index < -0.39 is 0 Å². The fourth-order valence-corrected chi connectivity index (χ4v) is 4.93. The highest BCUT2D eigenvalue weighted by Crippen LogP contribution is 2.28. The molecule has 1 aromatic heterocycles. The highest BCUT2D eigenvalue weighted by molar-refractivity contribution is 5.96. The van der Waals surface area contributed by atoms with Crippen molar-refractivity contribution in [2.75, 3.05) is 37.6 Å². The lowest BCUT2D eigenvalue weighted by Gasteiger charge is -2.42. The molecule has 6 heteroatoms. The van der Waals surface area contributed by atoms with E-state index in [9.17, 15) is 4.79 Å². The summed E-state index contributed by atoms with van der Waals surface area (Å²) in [7, 11) is 0. The lowest BCUT2D eigenvalue weighted by atomic mass is 9.87. The third kappa shape index (κ3) is 3.15. The molecule has 146 valence electrons. The molecule has 28 heavy (non-hydrogen) atoms. The number of amides is 1. The zero-order chi connectivity index (χ0) is 19.1. The molecule has 1 atom stereocenters. The Balaban J connectivity index is 1.30. The van der Waals surface area contributed by atoms with Crippen molar-refractivity contribution < 1.29 is 4.79 Å². The minimum Gasteiger partial charge on any atom is -0.354 e. The average Bonchev–Trinajstić information content (AvgIpc) is 2.74. The summed E-state index contributed by atoms with van der Waals surface area (Å²) in [5.41, 5.74) is 4.64. The van der Waals surface area contributed by atoms with Crippen LogP contribution in [0.4, 0.5) is 5.82 Å². The molecule has 2 aliphatic heterocycles. The molecule has 6 nitrogen and oxygen atoms in total. The summed E-state index contributed by atoms with van der Waals surface area (Å²) in [6.07, 6.45) is 4.42. The number of nitrogens with one attached hydrogen (secondary N) is 1. The van der Waals surface area contributed by atoms with Gasteiger partial charge in [0.2, 0.25) is 0 Å². The molecule has 3 heterocycles. The average molecular weight is 377 g/mol. The van der Waals surface area contributed by atoms with Crippen LogP contribution in [0.1, 0.15) is 39.4 Å². The molecule has 2 aromatic rings. The smallest absolute Gasteiger partial charge is 0.270 e. The topological polar surface area (TPSA) is 61.4 Å². The van der Waals surface area contributed by atoms with Gasteiger partial charge < -0.3 is 10.2 Å². The summed E-state index contributed by atoms with van der Waals surface area (Å²) in [4.78, 5) is 26.3. The van der Waals surface area contributed by atoms with Crippen LogP contribution in [0.3, 0.4) is 0 Å². The van der Waals surface area contributed by atoms with E-state index >= 15 is 0 Å². The normalized spacial score (nSPS) is 22.4. The van der Waals surface area contributed by atoms with Gasteiger partial charge in [0.05, 0.1) is 0 Å². The number of piperazine rings is 1. The number of benzene rings is 1. The largest absolute Gasteiger partial charge is 0.354 e. The van der Waals surface area contributed by atoms with Crippen molar-refractivity contribution in [3.8, 4) is 0 Å². The number of hydrogen-bond acceptors (Lipinski definition) is 5. The van der Waals surface area contributed by atoms with Crippen LogP contribution in [0.15, 0.2) is 24.3 Å². The van der Waals surface area contributed by atoms with Crippen molar-refractivity contribution in [3.63, 3.8) is 0 Å². The number of aryl methyl sites for hydroxylation is 2. The van der Waals surface area contributed by atoms with Crippen LogP contribution in [0.5, 0.6) is 0 Å². The number of fused-ring (bicyclic) bond motifs is 2. The first-order chi connectivity index (χ1) is 13.7. The Morgan fingerprint density at radius 1 is 1.04 bits per heavy atom. The maximum Gasteiger partial charge on any atom is 0.270 e. The van der Waals surface area contributed by atoms with Gasteiger partial charge in [0.1, 0.15) is 17.3 Å². The zero-order valence-corrected chi connectivity index (χ0v) is 16.4. The highest BCUT2D eigenvalue weighted by Gasteiger charge is 2.30. The number of anilines is 1. The van der Waals surface area contributed by atoms with Crippen molar-refractivity contribution >= 4 is 11.7 Å². The SMILES string of the molecule is Cc1nc2c(c(N3CCN(C4CCc5ccccc5C4)CC3)n1)CCNC2=O. The van der Waals surface area contributed by atoms with Gasteiger partial charge in [-0.15, -0.1) is 0 Å². The van der Waals surface area contributed by atoms with Crippen LogP contribution >= 0.6 is 0 Å². The number of carbonyl (C=O) groups excluding carboxylic acids is 1. The first-order valence-corrected chi connectivity index (χ1v) is 10.4. The molecule has 1 amide bonds. The Kier molecular flexibility index (Phi) is 4.51. The molecule has 0 spiro atoms.